The minimum atomic E-state index is -1.09. The van der Waals surface area contributed by atoms with Gasteiger partial charge in [0.15, 0.2) is 6.04 Å². The van der Waals surface area contributed by atoms with Crippen LogP contribution in [-0.2, 0) is 11.3 Å². The highest BCUT2D eigenvalue weighted by Crippen LogP contribution is 2.34. The van der Waals surface area contributed by atoms with E-state index in [1.807, 2.05) is 12.1 Å². The van der Waals surface area contributed by atoms with E-state index >= 15 is 0 Å². The van der Waals surface area contributed by atoms with Crippen molar-refractivity contribution in [1.29, 1.82) is 0 Å². The number of amides is 1. The van der Waals surface area contributed by atoms with Crippen LogP contribution in [0.1, 0.15) is 27.5 Å². The zero-order valence-electron chi connectivity index (χ0n) is 11.0. The lowest BCUT2D eigenvalue weighted by atomic mass is 10.1. The predicted molar refractivity (Wildman–Crippen MR) is 78.1 cm³/mol. The van der Waals surface area contributed by atoms with Crippen LogP contribution in [0.5, 0.6) is 0 Å². The van der Waals surface area contributed by atoms with Gasteiger partial charge in [-0.1, -0.05) is 48.0 Å². The van der Waals surface area contributed by atoms with Crippen LogP contribution in [0.2, 0.25) is 5.02 Å². The summed E-state index contributed by atoms with van der Waals surface area (Å²) in [5.74, 6) is -1.37. The Hall–Kier alpha value is -2.33. The molecule has 1 aliphatic rings. The molecule has 5 heteroatoms. The summed E-state index contributed by atoms with van der Waals surface area (Å²) in [6.45, 7) is 0.275. The number of hydrogen-bond acceptors (Lipinski definition) is 2. The molecule has 1 heterocycles. The van der Waals surface area contributed by atoms with E-state index in [1.54, 1.807) is 36.4 Å². The molecule has 106 valence electrons. The molecule has 1 atom stereocenters. The highest BCUT2D eigenvalue weighted by atomic mass is 35.5. The quantitative estimate of drug-likeness (QED) is 0.947. The monoisotopic (exact) mass is 301 g/mol. The van der Waals surface area contributed by atoms with Crippen LogP contribution in [0.15, 0.2) is 48.5 Å². The van der Waals surface area contributed by atoms with Crippen LogP contribution in [0.3, 0.4) is 0 Å². The summed E-state index contributed by atoms with van der Waals surface area (Å²) in [7, 11) is 0. The van der Waals surface area contributed by atoms with Gasteiger partial charge in [0.1, 0.15) is 0 Å². The van der Waals surface area contributed by atoms with Gasteiger partial charge in [-0.3, -0.25) is 4.79 Å². The summed E-state index contributed by atoms with van der Waals surface area (Å²) >= 11 is 6.10. The van der Waals surface area contributed by atoms with E-state index in [4.69, 9.17) is 11.6 Å². The summed E-state index contributed by atoms with van der Waals surface area (Å²) in [5.41, 5.74) is 1.81. The van der Waals surface area contributed by atoms with Crippen molar-refractivity contribution in [3.05, 3.63) is 70.2 Å². The van der Waals surface area contributed by atoms with E-state index < -0.39 is 12.0 Å². The number of nitrogens with zero attached hydrogens (tertiary/aromatic N) is 1. The molecule has 0 bridgehead atoms. The number of carboxylic acid groups (broad SMARTS) is 1. The van der Waals surface area contributed by atoms with Gasteiger partial charge < -0.3 is 10.0 Å². The summed E-state index contributed by atoms with van der Waals surface area (Å²) in [6.07, 6.45) is 0. The zero-order chi connectivity index (χ0) is 15.0. The molecule has 4 nitrogen and oxygen atoms in total. The normalized spacial score (nSPS) is 14.9. The number of aliphatic carboxylic acids is 1. The summed E-state index contributed by atoms with van der Waals surface area (Å²) in [4.78, 5) is 25.5. The number of carbonyl (C=O) groups excluding carboxylic acids is 1. The van der Waals surface area contributed by atoms with Crippen LogP contribution in [0.25, 0.3) is 0 Å². The zero-order valence-corrected chi connectivity index (χ0v) is 11.7. The third-order valence-corrected chi connectivity index (χ3v) is 3.94. The molecule has 1 amide bonds. The summed E-state index contributed by atoms with van der Waals surface area (Å²) < 4.78 is 0. The largest absolute Gasteiger partial charge is 0.479 e. The second-order valence-corrected chi connectivity index (χ2v) is 5.26. The maximum absolute atomic E-state index is 12.4. The van der Waals surface area contributed by atoms with Gasteiger partial charge in [0.25, 0.3) is 5.91 Å². The Kier molecular flexibility index (Phi) is 3.39. The third kappa shape index (κ3) is 2.28. The van der Waals surface area contributed by atoms with E-state index in [9.17, 15) is 14.7 Å². The van der Waals surface area contributed by atoms with Gasteiger partial charge in [-0.2, -0.15) is 0 Å². The Morgan fingerprint density at radius 2 is 1.81 bits per heavy atom. The second kappa shape index (κ2) is 5.22. The maximum atomic E-state index is 12.4. The topological polar surface area (TPSA) is 57.6 Å². The van der Waals surface area contributed by atoms with Crippen LogP contribution >= 0.6 is 11.6 Å². The molecule has 2 aromatic rings. The Labute approximate surface area is 126 Å². The smallest absolute Gasteiger partial charge is 0.331 e. The fourth-order valence-corrected chi connectivity index (χ4v) is 2.86. The van der Waals surface area contributed by atoms with Gasteiger partial charge in [0.05, 0.1) is 0 Å². The molecule has 1 aliphatic heterocycles. The van der Waals surface area contributed by atoms with Crippen LogP contribution in [-0.4, -0.2) is 21.9 Å². The van der Waals surface area contributed by atoms with E-state index in [-0.39, 0.29) is 12.5 Å². The third-order valence-electron chi connectivity index (χ3n) is 3.59. The Morgan fingerprint density at radius 1 is 1.14 bits per heavy atom. The lowest BCUT2D eigenvalue weighted by Crippen LogP contribution is -2.34. The minimum absolute atomic E-state index is 0.275. The molecule has 3 rings (SSSR count). The first kappa shape index (κ1) is 13.6. The highest BCUT2D eigenvalue weighted by molar-refractivity contribution is 6.31. The molecular weight excluding hydrogens is 290 g/mol. The van der Waals surface area contributed by atoms with Gasteiger partial charge in [0.2, 0.25) is 0 Å². The van der Waals surface area contributed by atoms with Crippen LogP contribution < -0.4 is 0 Å². The lowest BCUT2D eigenvalue weighted by molar-refractivity contribution is -0.142. The molecule has 0 fully saturated rings. The summed E-state index contributed by atoms with van der Waals surface area (Å²) in [6, 6.07) is 12.8. The Bertz CT molecular complexity index is 729. The number of benzene rings is 2. The van der Waals surface area contributed by atoms with Crippen molar-refractivity contribution in [2.45, 2.75) is 12.6 Å². The fraction of sp³-hybridized carbons (Fsp3) is 0.125. The number of halogens is 1. The van der Waals surface area contributed by atoms with E-state index in [0.29, 0.717) is 16.1 Å². The number of carboxylic acids is 1. The average molecular weight is 302 g/mol. The first-order valence-electron chi connectivity index (χ1n) is 6.45. The van der Waals surface area contributed by atoms with Crippen molar-refractivity contribution in [1.82, 2.24) is 4.90 Å². The molecule has 0 saturated heterocycles. The van der Waals surface area contributed by atoms with Crippen molar-refractivity contribution < 1.29 is 14.7 Å². The molecule has 1 N–H and O–H groups in total. The van der Waals surface area contributed by atoms with Gasteiger partial charge >= 0.3 is 5.97 Å². The fourth-order valence-electron chi connectivity index (χ4n) is 2.62. The highest BCUT2D eigenvalue weighted by Gasteiger charge is 2.37. The molecule has 0 radical (unpaired) electrons. The second-order valence-electron chi connectivity index (χ2n) is 4.85. The Morgan fingerprint density at radius 3 is 2.48 bits per heavy atom. The molecule has 2 aromatic carbocycles. The number of rotatable bonds is 3. The van der Waals surface area contributed by atoms with Gasteiger partial charge in [-0.05, 0) is 17.7 Å². The number of fused-ring (bicyclic) bond motifs is 1. The van der Waals surface area contributed by atoms with Gasteiger partial charge in [-0.25, -0.2) is 4.79 Å². The summed E-state index contributed by atoms with van der Waals surface area (Å²) in [5, 5.41) is 9.90. The number of hydrogen-bond donors (Lipinski definition) is 1. The molecular formula is C16H12ClNO3. The van der Waals surface area contributed by atoms with Crippen molar-refractivity contribution in [3.8, 4) is 0 Å². The molecule has 0 aromatic heterocycles. The van der Waals surface area contributed by atoms with Crippen molar-refractivity contribution in [3.63, 3.8) is 0 Å². The Balaban J connectivity index is 2.04. The lowest BCUT2D eigenvalue weighted by Gasteiger charge is -2.25. The van der Waals surface area contributed by atoms with Gasteiger partial charge in [-0.15, -0.1) is 0 Å². The number of carbonyl (C=O) groups is 2. The standard InChI is InChI=1S/C16H12ClNO3/c17-13-8-4-3-7-12(13)14(16(20)21)18-9-10-5-1-2-6-11(10)15(18)19/h1-8,14H,9H2,(H,20,21)/t14-/m1/s1. The first-order valence-corrected chi connectivity index (χ1v) is 6.83. The van der Waals surface area contributed by atoms with Crippen molar-refractivity contribution in [2.75, 3.05) is 0 Å². The maximum Gasteiger partial charge on any atom is 0.331 e. The average Bonchev–Trinajstić information content (AvgIpc) is 2.79. The van der Waals surface area contributed by atoms with Crippen molar-refractivity contribution >= 4 is 23.5 Å². The SMILES string of the molecule is O=C(O)[C@@H](c1ccccc1Cl)N1Cc2ccccc2C1=O. The van der Waals surface area contributed by atoms with Crippen LogP contribution in [0, 0.1) is 0 Å². The van der Waals surface area contributed by atoms with E-state index in [2.05, 4.69) is 0 Å². The molecule has 0 aliphatic carbocycles. The molecule has 0 spiro atoms. The van der Waals surface area contributed by atoms with Crippen LogP contribution in [0.4, 0.5) is 0 Å². The van der Waals surface area contributed by atoms with E-state index in [0.717, 1.165) is 5.56 Å². The van der Waals surface area contributed by atoms with Crippen molar-refractivity contribution in [2.24, 2.45) is 0 Å². The predicted octanol–water partition coefficient (Wildman–Crippen LogP) is 3.12. The first-order chi connectivity index (χ1) is 10.1. The van der Waals surface area contributed by atoms with Gasteiger partial charge in [0, 0.05) is 22.7 Å². The molecule has 0 saturated carbocycles. The molecule has 0 unspecified atom stereocenters. The molecule has 21 heavy (non-hydrogen) atoms. The minimum Gasteiger partial charge on any atom is -0.479 e. The van der Waals surface area contributed by atoms with E-state index in [1.165, 1.54) is 4.90 Å².